The molecule has 3 rings (SSSR count). The summed E-state index contributed by atoms with van der Waals surface area (Å²) >= 11 is 6.92. The molecule has 1 heterocycles. The van der Waals surface area contributed by atoms with Crippen LogP contribution in [-0.4, -0.2) is 22.5 Å². The van der Waals surface area contributed by atoms with E-state index in [2.05, 4.69) is 37.0 Å². The van der Waals surface area contributed by atoms with E-state index in [-0.39, 0.29) is 11.0 Å². The lowest BCUT2D eigenvalue weighted by molar-refractivity contribution is 0.338. The number of nitrogens with zero attached hydrogens (tertiary/aromatic N) is 3. The van der Waals surface area contributed by atoms with Gasteiger partial charge in [-0.1, -0.05) is 36.7 Å². The summed E-state index contributed by atoms with van der Waals surface area (Å²) in [5.74, 6) is 1.37. The summed E-state index contributed by atoms with van der Waals surface area (Å²) in [6.07, 6.45) is 1.66. The number of benzene rings is 2. The largest absolute Gasteiger partial charge is 0.493 e. The van der Waals surface area contributed by atoms with Crippen LogP contribution in [0.25, 0.3) is 10.9 Å². The highest BCUT2D eigenvalue weighted by Crippen LogP contribution is 2.26. The van der Waals surface area contributed by atoms with Crippen molar-refractivity contribution < 1.29 is 4.74 Å². The molecule has 0 spiro atoms. The molecular weight excluding hydrogens is 486 g/mol. The number of rotatable bonds is 4. The quantitative estimate of drug-likeness (QED) is 0.439. The van der Waals surface area contributed by atoms with Crippen molar-refractivity contribution in [3.63, 3.8) is 0 Å². The van der Waals surface area contributed by atoms with Crippen LogP contribution < -0.4 is 10.3 Å². The smallest absolute Gasteiger partial charge is 0.282 e. The Bertz CT molecular complexity index is 1120. The normalized spacial score (nSPS) is 12.1. The minimum atomic E-state index is -0.350. The van der Waals surface area contributed by atoms with Crippen LogP contribution >= 0.6 is 31.9 Å². The fraction of sp³-hybridized carbons (Fsp3) is 0.286. The van der Waals surface area contributed by atoms with Crippen molar-refractivity contribution in [2.75, 3.05) is 6.61 Å². The molecule has 1 aromatic heterocycles. The topological polar surface area (TPSA) is 56.5 Å². The van der Waals surface area contributed by atoms with Gasteiger partial charge in [-0.05, 0) is 64.8 Å². The first-order valence-corrected chi connectivity index (χ1v) is 10.5. The Hall–Kier alpha value is -1.99. The van der Waals surface area contributed by atoms with Gasteiger partial charge in [-0.2, -0.15) is 9.78 Å². The lowest BCUT2D eigenvalue weighted by Gasteiger charge is -2.20. The zero-order valence-corrected chi connectivity index (χ0v) is 19.3. The molecule has 0 radical (unpaired) electrons. The summed E-state index contributed by atoms with van der Waals surface area (Å²) in [6.45, 7) is 8.57. The van der Waals surface area contributed by atoms with Gasteiger partial charge in [0.05, 0.1) is 28.2 Å². The summed E-state index contributed by atoms with van der Waals surface area (Å²) in [7, 11) is 0. The van der Waals surface area contributed by atoms with Gasteiger partial charge in [0.1, 0.15) is 11.6 Å². The number of halogens is 2. The molecule has 2 aromatic carbocycles. The van der Waals surface area contributed by atoms with E-state index < -0.39 is 0 Å². The van der Waals surface area contributed by atoms with Gasteiger partial charge < -0.3 is 4.74 Å². The zero-order valence-electron chi connectivity index (χ0n) is 16.2. The van der Waals surface area contributed by atoms with E-state index in [9.17, 15) is 4.79 Å². The minimum Gasteiger partial charge on any atom is -0.493 e. The van der Waals surface area contributed by atoms with E-state index in [0.29, 0.717) is 23.3 Å². The van der Waals surface area contributed by atoms with Crippen LogP contribution in [0.5, 0.6) is 5.75 Å². The van der Waals surface area contributed by atoms with Crippen molar-refractivity contribution in [2.45, 2.75) is 33.1 Å². The molecule has 7 heteroatoms. The molecule has 0 aliphatic heterocycles. The van der Waals surface area contributed by atoms with Gasteiger partial charge >= 0.3 is 0 Å². The molecule has 0 bridgehead atoms. The maximum atomic E-state index is 13.1. The number of ether oxygens (including phenoxy) is 1. The van der Waals surface area contributed by atoms with Gasteiger partial charge in [-0.25, -0.2) is 4.98 Å². The zero-order chi connectivity index (χ0) is 20.5. The second-order valence-electron chi connectivity index (χ2n) is 7.33. The first-order chi connectivity index (χ1) is 13.2. The predicted molar refractivity (Wildman–Crippen MR) is 121 cm³/mol. The van der Waals surface area contributed by atoms with Crippen molar-refractivity contribution in [1.82, 2.24) is 9.66 Å². The Kier molecular flexibility index (Phi) is 6.05. The second-order valence-corrected chi connectivity index (χ2v) is 9.10. The summed E-state index contributed by atoms with van der Waals surface area (Å²) in [5.41, 5.74) is 0.958. The third-order valence-electron chi connectivity index (χ3n) is 4.06. The molecule has 0 N–H and O–H groups in total. The molecule has 0 saturated heterocycles. The van der Waals surface area contributed by atoms with Crippen molar-refractivity contribution >= 4 is 49.0 Å². The Morgan fingerprint density at radius 2 is 1.93 bits per heavy atom. The lowest BCUT2D eigenvalue weighted by atomic mass is 9.95. The molecule has 0 aliphatic carbocycles. The Labute approximate surface area is 180 Å². The van der Waals surface area contributed by atoms with Crippen LogP contribution in [0.4, 0.5) is 0 Å². The Morgan fingerprint density at radius 1 is 1.18 bits per heavy atom. The number of hydrogen-bond acceptors (Lipinski definition) is 4. The second kappa shape index (κ2) is 8.17. The maximum absolute atomic E-state index is 13.1. The average Bonchev–Trinajstić information content (AvgIpc) is 2.62. The monoisotopic (exact) mass is 505 g/mol. The molecule has 0 aliphatic rings. The van der Waals surface area contributed by atoms with Crippen LogP contribution in [0.2, 0.25) is 0 Å². The van der Waals surface area contributed by atoms with Crippen molar-refractivity contribution in [1.29, 1.82) is 0 Å². The van der Waals surface area contributed by atoms with Crippen molar-refractivity contribution in [3.8, 4) is 5.75 Å². The van der Waals surface area contributed by atoms with Crippen molar-refractivity contribution in [3.05, 3.63) is 67.1 Å². The first-order valence-electron chi connectivity index (χ1n) is 8.90. The molecule has 0 atom stereocenters. The predicted octanol–water partition coefficient (Wildman–Crippen LogP) is 5.50. The molecule has 0 fully saturated rings. The van der Waals surface area contributed by atoms with Crippen LogP contribution in [-0.2, 0) is 5.41 Å². The molecule has 0 saturated carbocycles. The van der Waals surface area contributed by atoms with Gasteiger partial charge in [0, 0.05) is 9.89 Å². The summed E-state index contributed by atoms with van der Waals surface area (Å²) < 4.78 is 8.59. The van der Waals surface area contributed by atoms with Crippen LogP contribution in [0.15, 0.2) is 55.2 Å². The van der Waals surface area contributed by atoms with Gasteiger partial charge in [0.2, 0.25) is 0 Å². The summed E-state index contributed by atoms with van der Waals surface area (Å²) in [5, 5.41) is 5.00. The molecule has 0 unspecified atom stereocenters. The van der Waals surface area contributed by atoms with E-state index in [1.807, 2.05) is 58.0 Å². The van der Waals surface area contributed by atoms with E-state index in [4.69, 9.17) is 9.72 Å². The minimum absolute atomic E-state index is 0.197. The number of hydrogen-bond donors (Lipinski definition) is 0. The van der Waals surface area contributed by atoms with E-state index in [1.54, 1.807) is 12.3 Å². The molecule has 3 aromatic rings. The van der Waals surface area contributed by atoms with E-state index >= 15 is 0 Å². The molecule has 28 heavy (non-hydrogen) atoms. The number of fused-ring (bicyclic) bond motifs is 1. The molecule has 5 nitrogen and oxygen atoms in total. The van der Waals surface area contributed by atoms with Crippen LogP contribution in [0.3, 0.4) is 0 Å². The van der Waals surface area contributed by atoms with Gasteiger partial charge in [-0.3, -0.25) is 4.79 Å². The first kappa shape index (κ1) is 20.7. The van der Waals surface area contributed by atoms with Crippen molar-refractivity contribution in [2.24, 2.45) is 5.10 Å². The third-order valence-corrected chi connectivity index (χ3v) is 5.17. The molecular formula is C21H21Br2N3O2. The third kappa shape index (κ3) is 4.36. The Balaban J connectivity index is 2.13. The average molecular weight is 507 g/mol. The standard InChI is InChI=1S/C21H21Br2N3O2/c1-5-28-18-9-6-13(10-16(18)23)12-24-26-19(27)15-11-14(22)7-8-17(15)25-20(26)21(2,3)4/h6-12H,5H2,1-4H3. The van der Waals surface area contributed by atoms with Gasteiger partial charge in [-0.15, -0.1) is 0 Å². The maximum Gasteiger partial charge on any atom is 0.282 e. The number of aromatic nitrogens is 2. The fourth-order valence-corrected chi connectivity index (χ4v) is 3.61. The highest BCUT2D eigenvalue weighted by molar-refractivity contribution is 9.10. The summed E-state index contributed by atoms with van der Waals surface area (Å²) in [6, 6.07) is 11.2. The van der Waals surface area contributed by atoms with Crippen LogP contribution in [0.1, 0.15) is 39.1 Å². The molecule has 0 amide bonds. The summed E-state index contributed by atoms with van der Waals surface area (Å²) in [4.78, 5) is 17.9. The fourth-order valence-electron chi connectivity index (χ4n) is 2.74. The highest BCUT2D eigenvalue weighted by atomic mass is 79.9. The van der Waals surface area contributed by atoms with E-state index in [0.717, 1.165) is 20.3 Å². The lowest BCUT2D eigenvalue weighted by Crippen LogP contribution is -2.29. The van der Waals surface area contributed by atoms with E-state index in [1.165, 1.54) is 4.68 Å². The Morgan fingerprint density at radius 3 is 2.57 bits per heavy atom. The van der Waals surface area contributed by atoms with Crippen LogP contribution in [0, 0.1) is 0 Å². The SMILES string of the molecule is CCOc1ccc(C=Nn2c(C(C)(C)C)nc3ccc(Br)cc3c2=O)cc1Br. The van der Waals surface area contributed by atoms with Gasteiger partial charge in [0.15, 0.2) is 0 Å². The molecule has 146 valence electrons. The van der Waals surface area contributed by atoms with Gasteiger partial charge in [0.25, 0.3) is 5.56 Å². The highest BCUT2D eigenvalue weighted by Gasteiger charge is 2.22.